The molecule has 3 aromatic rings. The Labute approximate surface area is 102 Å². The molecule has 3 rings (SSSR count). The number of thioether (sulfide) groups is 1. The minimum Gasteiger partial charge on any atom is -0.140 e. The van der Waals surface area contributed by atoms with E-state index in [1.165, 1.54) is 4.63 Å². The number of hydrogen-bond acceptors (Lipinski definition) is 5. The van der Waals surface area contributed by atoms with Crippen LogP contribution in [0.1, 0.15) is 13.8 Å². The Morgan fingerprint density at radius 3 is 2.71 bits per heavy atom. The van der Waals surface area contributed by atoms with Crippen LogP contribution >= 0.6 is 11.8 Å². The van der Waals surface area contributed by atoms with Crippen LogP contribution in [0.2, 0.25) is 0 Å². The molecule has 0 aliphatic heterocycles. The van der Waals surface area contributed by atoms with Crippen molar-refractivity contribution in [3.8, 4) is 0 Å². The highest BCUT2D eigenvalue weighted by atomic mass is 32.2. The maximum atomic E-state index is 4.45. The first-order chi connectivity index (χ1) is 8.25. The summed E-state index contributed by atoms with van der Waals surface area (Å²) in [5, 5.41) is 19.6. The zero-order chi connectivity index (χ0) is 11.8. The van der Waals surface area contributed by atoms with Gasteiger partial charge in [0.2, 0.25) is 5.65 Å². The zero-order valence-electron chi connectivity index (χ0n) is 9.53. The summed E-state index contributed by atoms with van der Waals surface area (Å²) in [6, 6.07) is 8.07. The van der Waals surface area contributed by atoms with Crippen molar-refractivity contribution in [3.05, 3.63) is 24.3 Å². The van der Waals surface area contributed by atoms with E-state index in [1.54, 1.807) is 11.8 Å². The van der Waals surface area contributed by atoms with E-state index >= 15 is 0 Å². The number of hydrogen-bond donors (Lipinski definition) is 0. The van der Waals surface area contributed by atoms with Crippen molar-refractivity contribution in [2.45, 2.75) is 24.1 Å². The number of nitrogens with zero attached hydrogens (tertiary/aromatic N) is 5. The number of rotatable bonds is 2. The molecule has 0 spiro atoms. The minimum atomic E-state index is 0.472. The average Bonchev–Trinajstić information content (AvgIpc) is 2.77. The number of benzene rings is 1. The molecule has 0 saturated carbocycles. The molecular weight excluding hydrogens is 234 g/mol. The predicted molar refractivity (Wildman–Crippen MR) is 67.1 cm³/mol. The lowest BCUT2D eigenvalue weighted by molar-refractivity contribution is 0.708. The van der Waals surface area contributed by atoms with Gasteiger partial charge in [-0.2, -0.15) is 0 Å². The molecule has 2 aromatic heterocycles. The van der Waals surface area contributed by atoms with Gasteiger partial charge in [-0.25, -0.2) is 0 Å². The van der Waals surface area contributed by atoms with Crippen molar-refractivity contribution in [3.63, 3.8) is 0 Å². The fourth-order valence-corrected chi connectivity index (χ4v) is 2.60. The van der Waals surface area contributed by atoms with Crippen molar-refractivity contribution in [1.29, 1.82) is 0 Å². The molecule has 17 heavy (non-hydrogen) atoms. The lowest BCUT2D eigenvalue weighted by Gasteiger charge is -2.07. The molecule has 0 N–H and O–H groups in total. The van der Waals surface area contributed by atoms with Crippen molar-refractivity contribution < 1.29 is 0 Å². The smallest absolute Gasteiger partial charge is 0.140 e. The highest BCUT2D eigenvalue weighted by molar-refractivity contribution is 8.00. The molecule has 0 bridgehead atoms. The highest BCUT2D eigenvalue weighted by Crippen LogP contribution is 2.29. The number of aromatic nitrogens is 5. The fraction of sp³-hybridized carbons (Fsp3) is 0.273. The van der Waals surface area contributed by atoms with Crippen LogP contribution in [0.4, 0.5) is 0 Å². The predicted octanol–water partition coefficient (Wildman–Crippen LogP) is 2.17. The van der Waals surface area contributed by atoms with Crippen LogP contribution in [-0.2, 0) is 0 Å². The van der Waals surface area contributed by atoms with Gasteiger partial charge >= 0.3 is 0 Å². The third kappa shape index (κ3) is 1.74. The van der Waals surface area contributed by atoms with Gasteiger partial charge in [0.05, 0.1) is 0 Å². The fourth-order valence-electron chi connectivity index (χ4n) is 1.73. The molecule has 1 aromatic carbocycles. The molecule has 6 heteroatoms. The van der Waals surface area contributed by atoms with E-state index in [1.807, 2.05) is 18.2 Å². The van der Waals surface area contributed by atoms with Crippen LogP contribution in [0.3, 0.4) is 0 Å². The molecule has 0 aliphatic carbocycles. The SMILES string of the molecule is CC(C)Sc1nn2nnnc2c2ccccc12. The van der Waals surface area contributed by atoms with Crippen LogP contribution in [0, 0.1) is 0 Å². The zero-order valence-corrected chi connectivity index (χ0v) is 10.3. The van der Waals surface area contributed by atoms with Gasteiger partial charge in [0.1, 0.15) is 5.03 Å². The molecule has 0 saturated heterocycles. The molecule has 0 amide bonds. The summed E-state index contributed by atoms with van der Waals surface area (Å²) in [5.41, 5.74) is 0.703. The minimum absolute atomic E-state index is 0.472. The van der Waals surface area contributed by atoms with Crippen molar-refractivity contribution >= 4 is 28.2 Å². The average molecular weight is 245 g/mol. The van der Waals surface area contributed by atoms with Crippen molar-refractivity contribution in [2.24, 2.45) is 0 Å². The second-order valence-corrected chi connectivity index (χ2v) is 5.57. The molecule has 0 aliphatic rings. The largest absolute Gasteiger partial charge is 0.207 e. The standard InChI is InChI=1S/C11H11N5S/c1-7(2)17-11-9-6-4-3-5-8(9)10-12-14-15-16(10)13-11/h3-7H,1-2H3. The van der Waals surface area contributed by atoms with E-state index in [0.29, 0.717) is 10.9 Å². The van der Waals surface area contributed by atoms with E-state index in [-0.39, 0.29) is 0 Å². The Kier molecular flexibility index (Phi) is 2.44. The topological polar surface area (TPSA) is 56.0 Å². The summed E-state index contributed by atoms with van der Waals surface area (Å²) in [5.74, 6) is 0. The quantitative estimate of drug-likeness (QED) is 0.648. The molecular formula is C11H11N5S. The van der Waals surface area contributed by atoms with Crippen LogP contribution in [-0.4, -0.2) is 30.5 Å². The molecule has 0 radical (unpaired) electrons. The molecule has 0 fully saturated rings. The summed E-state index contributed by atoms with van der Waals surface area (Å²) in [7, 11) is 0. The molecule has 5 nitrogen and oxygen atoms in total. The second kappa shape index (κ2) is 3.96. The van der Waals surface area contributed by atoms with Crippen LogP contribution < -0.4 is 0 Å². The van der Waals surface area contributed by atoms with Crippen LogP contribution in [0.5, 0.6) is 0 Å². The summed E-state index contributed by atoms with van der Waals surface area (Å²) >= 11 is 1.72. The first-order valence-electron chi connectivity index (χ1n) is 5.39. The lowest BCUT2D eigenvalue weighted by Crippen LogP contribution is -1.99. The third-order valence-electron chi connectivity index (χ3n) is 2.38. The van der Waals surface area contributed by atoms with Gasteiger partial charge < -0.3 is 0 Å². The van der Waals surface area contributed by atoms with Gasteiger partial charge in [0, 0.05) is 16.0 Å². The summed E-state index contributed by atoms with van der Waals surface area (Å²) in [4.78, 5) is 0. The van der Waals surface area contributed by atoms with Gasteiger partial charge in [-0.15, -0.1) is 26.6 Å². The van der Waals surface area contributed by atoms with Gasteiger partial charge in [-0.05, 0) is 10.4 Å². The first kappa shape index (κ1) is 10.5. The van der Waals surface area contributed by atoms with Crippen LogP contribution in [0.15, 0.2) is 29.3 Å². The Morgan fingerprint density at radius 1 is 1.18 bits per heavy atom. The van der Waals surface area contributed by atoms with Gasteiger partial charge in [-0.3, -0.25) is 0 Å². The highest BCUT2D eigenvalue weighted by Gasteiger charge is 2.11. The van der Waals surface area contributed by atoms with E-state index in [0.717, 1.165) is 15.8 Å². The molecule has 2 heterocycles. The molecule has 0 unspecified atom stereocenters. The first-order valence-corrected chi connectivity index (χ1v) is 6.27. The molecule has 0 atom stereocenters. The maximum Gasteiger partial charge on any atom is 0.207 e. The lowest BCUT2D eigenvalue weighted by atomic mass is 10.2. The van der Waals surface area contributed by atoms with Gasteiger partial charge in [-0.1, -0.05) is 38.1 Å². The van der Waals surface area contributed by atoms with Crippen molar-refractivity contribution in [2.75, 3.05) is 0 Å². The normalized spacial score (nSPS) is 11.7. The maximum absolute atomic E-state index is 4.45. The monoisotopic (exact) mass is 245 g/mol. The van der Waals surface area contributed by atoms with E-state index in [9.17, 15) is 0 Å². The Balaban J connectivity index is 2.37. The van der Waals surface area contributed by atoms with E-state index in [2.05, 4.69) is 40.5 Å². The Hall–Kier alpha value is -1.69. The Morgan fingerprint density at radius 2 is 1.94 bits per heavy atom. The van der Waals surface area contributed by atoms with Crippen molar-refractivity contribution in [1.82, 2.24) is 25.3 Å². The summed E-state index contributed by atoms with van der Waals surface area (Å²) in [6.45, 7) is 4.29. The Bertz CT molecular complexity index is 676. The molecule has 86 valence electrons. The van der Waals surface area contributed by atoms with Gasteiger partial charge in [0.25, 0.3) is 0 Å². The number of tetrazole rings is 1. The van der Waals surface area contributed by atoms with Gasteiger partial charge in [0.15, 0.2) is 0 Å². The second-order valence-electron chi connectivity index (χ2n) is 4.01. The summed E-state index contributed by atoms with van der Waals surface area (Å²) < 4.78 is 1.49. The van der Waals surface area contributed by atoms with E-state index < -0.39 is 0 Å². The number of fused-ring (bicyclic) bond motifs is 3. The third-order valence-corrected chi connectivity index (χ3v) is 3.38. The van der Waals surface area contributed by atoms with Crippen LogP contribution in [0.25, 0.3) is 16.4 Å². The summed E-state index contributed by atoms with van der Waals surface area (Å²) in [6.07, 6.45) is 0. The van der Waals surface area contributed by atoms with E-state index in [4.69, 9.17) is 0 Å².